The number of carbonyl (C=O) groups excluding carboxylic acids is 1. The van der Waals surface area contributed by atoms with Crippen LogP contribution in [0.25, 0.3) is 10.2 Å². The highest BCUT2D eigenvalue weighted by molar-refractivity contribution is 7.89. The predicted molar refractivity (Wildman–Crippen MR) is 89.1 cm³/mol. The summed E-state index contributed by atoms with van der Waals surface area (Å²) >= 11 is 6.65. The lowest BCUT2D eigenvalue weighted by Gasteiger charge is -2.18. The molecule has 22 heavy (non-hydrogen) atoms. The van der Waals surface area contributed by atoms with Gasteiger partial charge in [-0.25, -0.2) is 13.4 Å². The second kappa shape index (κ2) is 6.91. The molecule has 0 saturated heterocycles. The highest BCUT2D eigenvalue weighted by atomic mass is 35.5. The van der Waals surface area contributed by atoms with Crippen molar-refractivity contribution in [3.8, 4) is 0 Å². The molecule has 120 valence electrons. The van der Waals surface area contributed by atoms with Crippen molar-refractivity contribution in [1.29, 1.82) is 0 Å². The summed E-state index contributed by atoms with van der Waals surface area (Å²) in [4.78, 5) is 15.7. The van der Waals surface area contributed by atoms with Gasteiger partial charge >= 0.3 is 0 Å². The van der Waals surface area contributed by atoms with Crippen LogP contribution in [0.1, 0.15) is 13.8 Å². The number of halogens is 1. The van der Waals surface area contributed by atoms with Crippen molar-refractivity contribution in [2.75, 3.05) is 24.3 Å². The van der Waals surface area contributed by atoms with Gasteiger partial charge in [-0.1, -0.05) is 25.2 Å². The van der Waals surface area contributed by atoms with Crippen molar-refractivity contribution in [3.63, 3.8) is 0 Å². The van der Waals surface area contributed by atoms with Crippen molar-refractivity contribution >= 4 is 54.2 Å². The lowest BCUT2D eigenvalue weighted by molar-refractivity contribution is -0.113. The molecule has 0 aliphatic heterocycles. The van der Waals surface area contributed by atoms with Crippen LogP contribution in [-0.2, 0) is 14.8 Å². The molecule has 0 spiro atoms. The Morgan fingerprint density at radius 1 is 1.36 bits per heavy atom. The zero-order valence-electron chi connectivity index (χ0n) is 12.2. The fourth-order valence-corrected chi connectivity index (χ4v) is 4.53. The molecule has 6 nitrogen and oxygen atoms in total. The molecule has 0 bridgehead atoms. The number of nitrogens with zero attached hydrogens (tertiary/aromatic N) is 2. The first-order valence-corrected chi connectivity index (χ1v) is 9.48. The molecular weight excluding hydrogens is 346 g/mol. The smallest absolute Gasteiger partial charge is 0.243 e. The molecule has 0 unspecified atom stereocenters. The molecule has 0 fully saturated rings. The first-order valence-electron chi connectivity index (χ1n) is 6.69. The SMILES string of the molecule is CCN(CC)S(=O)(=O)c1ccc2nc(NC(=O)CCl)sc2c1. The summed E-state index contributed by atoms with van der Waals surface area (Å²) in [6, 6.07) is 4.75. The molecular formula is C13H16ClN3O3S2. The van der Waals surface area contributed by atoms with Crippen LogP contribution < -0.4 is 5.32 Å². The van der Waals surface area contributed by atoms with Gasteiger partial charge in [0.25, 0.3) is 0 Å². The largest absolute Gasteiger partial charge is 0.301 e. The maximum Gasteiger partial charge on any atom is 0.243 e. The topological polar surface area (TPSA) is 79.4 Å². The van der Waals surface area contributed by atoms with E-state index in [4.69, 9.17) is 11.6 Å². The normalized spacial score (nSPS) is 12.0. The number of aromatic nitrogens is 1. The number of hydrogen-bond acceptors (Lipinski definition) is 5. The molecule has 0 radical (unpaired) electrons. The average molecular weight is 362 g/mol. The number of hydrogen-bond donors (Lipinski definition) is 1. The summed E-state index contributed by atoms with van der Waals surface area (Å²) in [7, 11) is -3.51. The first kappa shape index (κ1) is 17.1. The molecule has 1 amide bonds. The van der Waals surface area contributed by atoms with Gasteiger partial charge in [0, 0.05) is 13.1 Å². The average Bonchev–Trinajstić information content (AvgIpc) is 2.89. The van der Waals surface area contributed by atoms with E-state index in [-0.39, 0.29) is 16.7 Å². The van der Waals surface area contributed by atoms with E-state index in [1.165, 1.54) is 21.7 Å². The van der Waals surface area contributed by atoms with E-state index in [1.807, 2.05) is 0 Å². The Kier molecular flexibility index (Phi) is 5.38. The van der Waals surface area contributed by atoms with Gasteiger partial charge in [-0.3, -0.25) is 4.79 Å². The monoisotopic (exact) mass is 361 g/mol. The molecule has 2 rings (SSSR count). The fraction of sp³-hybridized carbons (Fsp3) is 0.385. The summed E-state index contributed by atoms with van der Waals surface area (Å²) in [5.41, 5.74) is 0.633. The van der Waals surface area contributed by atoms with Crippen LogP contribution >= 0.6 is 22.9 Å². The van der Waals surface area contributed by atoms with E-state index in [9.17, 15) is 13.2 Å². The maximum absolute atomic E-state index is 12.5. The Bertz CT molecular complexity index is 785. The molecule has 0 aliphatic rings. The lowest BCUT2D eigenvalue weighted by atomic mass is 10.3. The van der Waals surface area contributed by atoms with Crippen LogP contribution in [-0.4, -0.2) is 42.6 Å². The van der Waals surface area contributed by atoms with Crippen LogP contribution in [0.3, 0.4) is 0 Å². The number of rotatable bonds is 6. The minimum Gasteiger partial charge on any atom is -0.301 e. The third kappa shape index (κ3) is 3.40. The molecule has 1 aromatic heterocycles. The molecule has 9 heteroatoms. The van der Waals surface area contributed by atoms with E-state index >= 15 is 0 Å². The Morgan fingerprint density at radius 2 is 2.05 bits per heavy atom. The van der Waals surface area contributed by atoms with Gasteiger partial charge in [-0.2, -0.15) is 4.31 Å². The van der Waals surface area contributed by atoms with E-state index in [1.54, 1.807) is 26.0 Å². The molecule has 0 aliphatic carbocycles. The number of anilines is 1. The number of benzene rings is 1. The number of carbonyl (C=O) groups is 1. The van der Waals surface area contributed by atoms with Gasteiger partial charge < -0.3 is 5.32 Å². The third-order valence-corrected chi connectivity index (χ3v) is 6.29. The van der Waals surface area contributed by atoms with Crippen molar-refractivity contribution < 1.29 is 13.2 Å². The van der Waals surface area contributed by atoms with Crippen LogP contribution in [0.5, 0.6) is 0 Å². The molecule has 0 saturated carbocycles. The number of alkyl halides is 1. The minimum atomic E-state index is -3.51. The van der Waals surface area contributed by atoms with Gasteiger partial charge in [-0.15, -0.1) is 11.6 Å². The fourth-order valence-electron chi connectivity index (χ4n) is 1.98. The summed E-state index contributed by atoms with van der Waals surface area (Å²) < 4.78 is 27.1. The molecule has 1 heterocycles. The number of thiazole rings is 1. The predicted octanol–water partition coefficient (Wildman–Crippen LogP) is 2.50. The summed E-state index contributed by atoms with van der Waals surface area (Å²) in [6.07, 6.45) is 0. The standard InChI is InChI=1S/C13H16ClN3O3S2/c1-3-17(4-2)22(19,20)9-5-6-10-11(7-9)21-13(15-10)16-12(18)8-14/h5-7H,3-4,8H2,1-2H3,(H,15,16,18). The Balaban J connectivity index is 2.40. The molecule has 2 aromatic rings. The van der Waals surface area contributed by atoms with E-state index < -0.39 is 10.0 Å². The van der Waals surface area contributed by atoms with Crippen LogP contribution in [0.4, 0.5) is 5.13 Å². The third-order valence-electron chi connectivity index (χ3n) is 3.07. The van der Waals surface area contributed by atoms with Gasteiger partial charge in [0.05, 0.1) is 15.1 Å². The van der Waals surface area contributed by atoms with Gasteiger partial charge in [-0.05, 0) is 18.2 Å². The van der Waals surface area contributed by atoms with E-state index in [2.05, 4.69) is 10.3 Å². The first-order chi connectivity index (χ1) is 10.4. The van der Waals surface area contributed by atoms with Crippen LogP contribution in [0, 0.1) is 0 Å². The van der Waals surface area contributed by atoms with Gasteiger partial charge in [0.2, 0.25) is 15.9 Å². The number of nitrogens with one attached hydrogen (secondary N) is 1. The van der Waals surface area contributed by atoms with Crippen molar-refractivity contribution in [2.24, 2.45) is 0 Å². The van der Waals surface area contributed by atoms with Gasteiger partial charge in [0.1, 0.15) is 5.88 Å². The summed E-state index contributed by atoms with van der Waals surface area (Å²) in [5, 5.41) is 2.96. The second-order valence-electron chi connectivity index (χ2n) is 4.42. The van der Waals surface area contributed by atoms with Crippen molar-refractivity contribution in [1.82, 2.24) is 9.29 Å². The Hall–Kier alpha value is -1.22. The van der Waals surface area contributed by atoms with Crippen LogP contribution in [0.2, 0.25) is 0 Å². The van der Waals surface area contributed by atoms with E-state index in [0.717, 1.165) is 0 Å². The lowest BCUT2D eigenvalue weighted by Crippen LogP contribution is -2.30. The second-order valence-corrected chi connectivity index (χ2v) is 7.66. The highest BCUT2D eigenvalue weighted by Gasteiger charge is 2.22. The zero-order valence-corrected chi connectivity index (χ0v) is 14.6. The highest BCUT2D eigenvalue weighted by Crippen LogP contribution is 2.29. The summed E-state index contributed by atoms with van der Waals surface area (Å²) in [6.45, 7) is 4.42. The maximum atomic E-state index is 12.5. The minimum absolute atomic E-state index is 0.155. The molecule has 0 atom stereocenters. The van der Waals surface area contributed by atoms with E-state index in [0.29, 0.717) is 28.4 Å². The van der Waals surface area contributed by atoms with Crippen molar-refractivity contribution in [3.05, 3.63) is 18.2 Å². The molecule has 1 N–H and O–H groups in total. The zero-order chi connectivity index (χ0) is 16.3. The quantitative estimate of drug-likeness (QED) is 0.802. The number of sulfonamides is 1. The number of amides is 1. The summed E-state index contributed by atoms with van der Waals surface area (Å²) in [5.74, 6) is -0.506. The van der Waals surface area contributed by atoms with Gasteiger partial charge in [0.15, 0.2) is 5.13 Å². The number of fused-ring (bicyclic) bond motifs is 1. The molecule has 1 aromatic carbocycles. The van der Waals surface area contributed by atoms with Crippen LogP contribution in [0.15, 0.2) is 23.1 Å². The Morgan fingerprint density at radius 3 is 2.64 bits per heavy atom. The Labute approximate surface area is 138 Å². The van der Waals surface area contributed by atoms with Crippen molar-refractivity contribution in [2.45, 2.75) is 18.7 Å².